The molecule has 0 aromatic heterocycles. The topological polar surface area (TPSA) is 26.0 Å². The fourth-order valence-electron chi connectivity index (χ4n) is 1.18. The zero-order valence-electron chi connectivity index (χ0n) is 8.27. The highest BCUT2D eigenvalue weighted by atomic mass is 19.1. The van der Waals surface area contributed by atoms with Crippen LogP contribution in [-0.2, 0) is 0 Å². The molecule has 76 valence electrons. The van der Waals surface area contributed by atoms with Crippen molar-refractivity contribution in [2.24, 2.45) is 5.73 Å². The van der Waals surface area contributed by atoms with Gasteiger partial charge in [-0.05, 0) is 25.5 Å². The van der Waals surface area contributed by atoms with Crippen LogP contribution in [0.1, 0.15) is 24.1 Å². The zero-order valence-corrected chi connectivity index (χ0v) is 8.27. The predicted octanol–water partition coefficient (Wildman–Crippen LogP) is 2.85. The van der Waals surface area contributed by atoms with Gasteiger partial charge in [0.1, 0.15) is 11.6 Å². The Kier molecular flexibility index (Phi) is 3.01. The van der Waals surface area contributed by atoms with E-state index in [1.807, 2.05) is 0 Å². The highest BCUT2D eigenvalue weighted by molar-refractivity contribution is 5.31. The second kappa shape index (κ2) is 3.88. The lowest BCUT2D eigenvalue weighted by Gasteiger charge is -2.13. The van der Waals surface area contributed by atoms with Crippen molar-refractivity contribution in [2.45, 2.75) is 19.9 Å². The molecule has 1 aromatic carbocycles. The summed E-state index contributed by atoms with van der Waals surface area (Å²) in [6.45, 7) is 6.92. The van der Waals surface area contributed by atoms with Gasteiger partial charge in [-0.25, -0.2) is 8.78 Å². The van der Waals surface area contributed by atoms with Crippen LogP contribution in [0.15, 0.2) is 24.3 Å². The van der Waals surface area contributed by atoms with Crippen molar-refractivity contribution in [3.63, 3.8) is 0 Å². The second-order valence-electron chi connectivity index (χ2n) is 3.45. The Morgan fingerprint density at radius 2 is 1.93 bits per heavy atom. The first-order valence-electron chi connectivity index (χ1n) is 4.30. The van der Waals surface area contributed by atoms with Gasteiger partial charge in [0.2, 0.25) is 0 Å². The maximum atomic E-state index is 13.3. The molecule has 0 radical (unpaired) electrons. The summed E-state index contributed by atoms with van der Waals surface area (Å²) >= 11 is 0. The van der Waals surface area contributed by atoms with E-state index in [0.717, 1.165) is 6.07 Å². The van der Waals surface area contributed by atoms with E-state index >= 15 is 0 Å². The van der Waals surface area contributed by atoms with Crippen LogP contribution < -0.4 is 5.73 Å². The Morgan fingerprint density at radius 3 is 2.43 bits per heavy atom. The summed E-state index contributed by atoms with van der Waals surface area (Å²) in [6.07, 6.45) is 0. The molecule has 1 aromatic rings. The van der Waals surface area contributed by atoms with Gasteiger partial charge >= 0.3 is 0 Å². The Hall–Kier alpha value is -1.22. The molecule has 0 aliphatic carbocycles. The molecular formula is C11H13F2N. The van der Waals surface area contributed by atoms with E-state index in [0.29, 0.717) is 11.1 Å². The van der Waals surface area contributed by atoms with Gasteiger partial charge in [0.05, 0.1) is 6.04 Å². The van der Waals surface area contributed by atoms with E-state index in [4.69, 9.17) is 5.73 Å². The highest BCUT2D eigenvalue weighted by Gasteiger charge is 2.14. The van der Waals surface area contributed by atoms with Crippen molar-refractivity contribution in [3.05, 3.63) is 47.0 Å². The molecular weight excluding hydrogens is 184 g/mol. The lowest BCUT2D eigenvalue weighted by Crippen LogP contribution is -2.13. The maximum Gasteiger partial charge on any atom is 0.131 e. The third kappa shape index (κ3) is 1.99. The minimum absolute atomic E-state index is 0.288. The van der Waals surface area contributed by atoms with Gasteiger partial charge in [-0.2, -0.15) is 0 Å². The molecule has 0 fully saturated rings. The van der Waals surface area contributed by atoms with Crippen molar-refractivity contribution in [2.75, 3.05) is 0 Å². The van der Waals surface area contributed by atoms with E-state index < -0.39 is 17.7 Å². The van der Waals surface area contributed by atoms with Gasteiger partial charge in [-0.1, -0.05) is 12.2 Å². The first-order chi connectivity index (χ1) is 6.43. The van der Waals surface area contributed by atoms with Crippen molar-refractivity contribution in [1.29, 1.82) is 0 Å². The van der Waals surface area contributed by atoms with Gasteiger partial charge in [-0.15, -0.1) is 0 Å². The first-order valence-corrected chi connectivity index (χ1v) is 4.30. The number of nitrogens with two attached hydrogens (primary N) is 1. The minimum atomic E-state index is -0.622. The molecule has 1 unspecified atom stereocenters. The fourth-order valence-corrected chi connectivity index (χ4v) is 1.18. The SMILES string of the molecule is C=C(C)C(N)c1cc(C)c(F)cc1F. The van der Waals surface area contributed by atoms with Crippen LogP contribution in [0.4, 0.5) is 8.78 Å². The van der Waals surface area contributed by atoms with Crippen LogP contribution >= 0.6 is 0 Å². The number of halogens is 2. The van der Waals surface area contributed by atoms with E-state index in [1.54, 1.807) is 13.8 Å². The fraction of sp³-hybridized carbons (Fsp3) is 0.273. The summed E-state index contributed by atoms with van der Waals surface area (Å²) in [5, 5.41) is 0. The molecule has 14 heavy (non-hydrogen) atoms. The van der Waals surface area contributed by atoms with Crippen LogP contribution in [0.2, 0.25) is 0 Å². The van der Waals surface area contributed by atoms with E-state index in [9.17, 15) is 8.78 Å². The van der Waals surface area contributed by atoms with Crippen LogP contribution in [0.25, 0.3) is 0 Å². The van der Waals surface area contributed by atoms with Crippen molar-refractivity contribution in [1.82, 2.24) is 0 Å². The number of hydrogen-bond acceptors (Lipinski definition) is 1. The summed E-state index contributed by atoms with van der Waals surface area (Å²) in [6, 6.07) is 1.70. The number of aryl methyl sites for hydroxylation is 1. The molecule has 1 rings (SSSR count). The predicted molar refractivity (Wildman–Crippen MR) is 52.8 cm³/mol. The lowest BCUT2D eigenvalue weighted by molar-refractivity contribution is 0.560. The van der Waals surface area contributed by atoms with Gasteiger partial charge in [0, 0.05) is 11.6 Å². The molecule has 0 bridgehead atoms. The lowest BCUT2D eigenvalue weighted by atomic mass is 9.99. The van der Waals surface area contributed by atoms with Crippen LogP contribution in [-0.4, -0.2) is 0 Å². The minimum Gasteiger partial charge on any atom is -0.320 e. The third-order valence-corrected chi connectivity index (χ3v) is 2.14. The summed E-state index contributed by atoms with van der Waals surface area (Å²) in [4.78, 5) is 0. The van der Waals surface area contributed by atoms with Crippen molar-refractivity contribution in [3.8, 4) is 0 Å². The highest BCUT2D eigenvalue weighted by Crippen LogP contribution is 2.23. The standard InChI is InChI=1S/C11H13F2N/c1-6(2)11(14)8-4-7(3)9(12)5-10(8)13/h4-5,11H,1,14H2,2-3H3. The summed E-state index contributed by atoms with van der Waals surface area (Å²) in [5.74, 6) is -1.18. The van der Waals surface area contributed by atoms with Gasteiger partial charge in [0.15, 0.2) is 0 Å². The molecule has 0 aliphatic heterocycles. The zero-order chi connectivity index (χ0) is 10.9. The van der Waals surface area contributed by atoms with Crippen LogP contribution in [0.5, 0.6) is 0 Å². The van der Waals surface area contributed by atoms with Crippen LogP contribution in [0, 0.1) is 18.6 Å². The molecule has 0 spiro atoms. The second-order valence-corrected chi connectivity index (χ2v) is 3.45. The average molecular weight is 197 g/mol. The summed E-state index contributed by atoms with van der Waals surface area (Å²) in [5.41, 5.74) is 7.02. The maximum absolute atomic E-state index is 13.3. The van der Waals surface area contributed by atoms with Gasteiger partial charge < -0.3 is 5.73 Å². The van der Waals surface area contributed by atoms with Crippen molar-refractivity contribution >= 4 is 0 Å². The molecule has 1 nitrogen and oxygen atoms in total. The normalized spacial score (nSPS) is 12.6. The molecule has 0 amide bonds. The van der Waals surface area contributed by atoms with Gasteiger partial charge in [0.25, 0.3) is 0 Å². The van der Waals surface area contributed by atoms with Gasteiger partial charge in [-0.3, -0.25) is 0 Å². The molecule has 0 saturated heterocycles. The first kappa shape index (κ1) is 10.9. The number of hydrogen-bond donors (Lipinski definition) is 1. The molecule has 2 N–H and O–H groups in total. The Balaban J connectivity index is 3.22. The molecule has 1 atom stereocenters. The van der Waals surface area contributed by atoms with Crippen molar-refractivity contribution < 1.29 is 8.78 Å². The smallest absolute Gasteiger partial charge is 0.131 e. The summed E-state index contributed by atoms with van der Waals surface area (Å²) in [7, 11) is 0. The van der Waals surface area contributed by atoms with E-state index in [1.165, 1.54) is 6.07 Å². The Labute approximate surface area is 82.2 Å². The molecule has 3 heteroatoms. The quantitative estimate of drug-likeness (QED) is 0.725. The molecule has 0 saturated carbocycles. The average Bonchev–Trinajstić information content (AvgIpc) is 2.10. The van der Waals surface area contributed by atoms with E-state index in [2.05, 4.69) is 6.58 Å². The molecule has 0 heterocycles. The number of benzene rings is 1. The summed E-state index contributed by atoms with van der Waals surface area (Å²) < 4.78 is 26.2. The van der Waals surface area contributed by atoms with E-state index in [-0.39, 0.29) is 5.56 Å². The Bertz CT molecular complexity index is 372. The molecule has 0 aliphatic rings. The van der Waals surface area contributed by atoms with Crippen LogP contribution in [0.3, 0.4) is 0 Å². The number of rotatable bonds is 2. The monoisotopic (exact) mass is 197 g/mol. The largest absolute Gasteiger partial charge is 0.320 e. The third-order valence-electron chi connectivity index (χ3n) is 2.14. The Morgan fingerprint density at radius 1 is 1.36 bits per heavy atom.